The molecule has 0 saturated heterocycles. The number of benzene rings is 2. The zero-order chi connectivity index (χ0) is 19.2. The molecule has 4 rings (SSSR count). The van der Waals surface area contributed by atoms with Crippen LogP contribution in [0, 0.1) is 5.82 Å². The van der Waals surface area contributed by atoms with Gasteiger partial charge in [0, 0.05) is 18.8 Å². The van der Waals surface area contributed by atoms with E-state index in [0.29, 0.717) is 17.1 Å². The Hall–Kier alpha value is -3.12. The fourth-order valence-corrected chi connectivity index (χ4v) is 3.61. The Kier molecular flexibility index (Phi) is 4.00. The molecule has 1 amide bonds. The Morgan fingerprint density at radius 2 is 1.89 bits per heavy atom. The summed E-state index contributed by atoms with van der Waals surface area (Å²) in [6.07, 6.45) is 1.74. The van der Waals surface area contributed by atoms with Crippen molar-refractivity contribution in [2.24, 2.45) is 7.05 Å². The van der Waals surface area contributed by atoms with Crippen LogP contribution in [-0.2, 0) is 24.0 Å². The summed E-state index contributed by atoms with van der Waals surface area (Å²) in [4.78, 5) is 14.8. The molecule has 27 heavy (non-hydrogen) atoms. The first kappa shape index (κ1) is 17.3. The molecule has 0 bridgehead atoms. The maximum Gasteiger partial charge on any atom is 0.270 e. The van der Waals surface area contributed by atoms with Crippen LogP contribution in [0.15, 0.2) is 60.8 Å². The van der Waals surface area contributed by atoms with Gasteiger partial charge in [0.25, 0.3) is 5.91 Å². The molecular weight excluding hydrogens is 347 g/mol. The molecule has 138 valence electrons. The number of ether oxygens (including phenoxy) is 1. The largest absolute Gasteiger partial charge is 0.497 e. The smallest absolute Gasteiger partial charge is 0.270 e. The van der Waals surface area contributed by atoms with E-state index in [-0.39, 0.29) is 12.1 Å². The predicted molar refractivity (Wildman–Crippen MR) is 99.0 cm³/mol. The van der Waals surface area contributed by atoms with Crippen molar-refractivity contribution in [1.82, 2.24) is 4.57 Å². The lowest BCUT2D eigenvalue weighted by atomic mass is 9.91. The number of halogens is 1. The molecule has 6 heteroatoms. The Labute approximate surface area is 156 Å². The maximum atomic E-state index is 14.0. The van der Waals surface area contributed by atoms with Crippen LogP contribution < -0.4 is 9.64 Å². The highest BCUT2D eigenvalue weighted by Gasteiger charge is 2.52. The van der Waals surface area contributed by atoms with E-state index in [1.807, 2.05) is 24.3 Å². The lowest BCUT2D eigenvalue weighted by Gasteiger charge is -2.24. The molecule has 0 unspecified atom stereocenters. The lowest BCUT2D eigenvalue weighted by molar-refractivity contribution is -0.132. The van der Waals surface area contributed by atoms with Crippen molar-refractivity contribution in [3.63, 3.8) is 0 Å². The van der Waals surface area contributed by atoms with Gasteiger partial charge in [-0.3, -0.25) is 4.79 Å². The monoisotopic (exact) mass is 366 g/mol. The summed E-state index contributed by atoms with van der Waals surface area (Å²) in [5.74, 6) is -0.282. The maximum absolute atomic E-state index is 14.0. The van der Waals surface area contributed by atoms with Crippen LogP contribution in [-0.4, -0.2) is 22.7 Å². The molecule has 1 atom stereocenters. The van der Waals surface area contributed by atoms with Crippen LogP contribution in [0.5, 0.6) is 5.75 Å². The van der Waals surface area contributed by atoms with Crippen LogP contribution in [0.4, 0.5) is 10.1 Å². The van der Waals surface area contributed by atoms with Gasteiger partial charge in [0.15, 0.2) is 0 Å². The molecule has 3 aromatic rings. The van der Waals surface area contributed by atoms with Crippen molar-refractivity contribution >= 4 is 11.6 Å². The van der Waals surface area contributed by atoms with Gasteiger partial charge < -0.3 is 19.3 Å². The average Bonchev–Trinajstić information content (AvgIpc) is 3.19. The molecule has 2 heterocycles. The van der Waals surface area contributed by atoms with Gasteiger partial charge in [-0.15, -0.1) is 0 Å². The normalized spacial score (nSPS) is 18.7. The summed E-state index contributed by atoms with van der Waals surface area (Å²) < 4.78 is 20.8. The van der Waals surface area contributed by atoms with Crippen molar-refractivity contribution in [3.8, 4) is 5.75 Å². The van der Waals surface area contributed by atoms with Gasteiger partial charge in [0.1, 0.15) is 11.6 Å². The quantitative estimate of drug-likeness (QED) is 0.772. The number of carbonyl (C=O) groups excluding carboxylic acids is 1. The first-order chi connectivity index (χ1) is 12.9. The molecular formula is C21H19FN2O3. The molecule has 0 saturated carbocycles. The van der Waals surface area contributed by atoms with E-state index < -0.39 is 17.3 Å². The summed E-state index contributed by atoms with van der Waals surface area (Å²) in [6, 6.07) is 14.8. The van der Waals surface area contributed by atoms with Crippen LogP contribution in [0.3, 0.4) is 0 Å². The second-order valence-corrected chi connectivity index (χ2v) is 6.62. The van der Waals surface area contributed by atoms with Crippen LogP contribution in [0.1, 0.15) is 16.8 Å². The minimum Gasteiger partial charge on any atom is -0.497 e. The number of rotatable bonds is 4. The second-order valence-electron chi connectivity index (χ2n) is 6.62. The number of amides is 1. The lowest BCUT2D eigenvalue weighted by Crippen LogP contribution is -2.42. The number of fused-ring (bicyclic) bond motifs is 1. The van der Waals surface area contributed by atoms with Gasteiger partial charge in [-0.1, -0.05) is 12.1 Å². The molecule has 1 N–H and O–H groups in total. The number of aromatic nitrogens is 1. The van der Waals surface area contributed by atoms with E-state index in [0.717, 1.165) is 5.56 Å². The summed E-state index contributed by atoms with van der Waals surface area (Å²) in [7, 11) is 3.33. The van der Waals surface area contributed by atoms with E-state index in [2.05, 4.69) is 0 Å². The third-order valence-electron chi connectivity index (χ3n) is 5.01. The number of carbonyl (C=O) groups is 1. The van der Waals surface area contributed by atoms with E-state index in [4.69, 9.17) is 4.74 Å². The summed E-state index contributed by atoms with van der Waals surface area (Å²) in [5.41, 5.74) is 0.0955. The Morgan fingerprint density at radius 3 is 2.52 bits per heavy atom. The molecule has 0 radical (unpaired) electrons. The fraction of sp³-hybridized carbons (Fsp3) is 0.190. The number of anilines is 1. The highest BCUT2D eigenvalue weighted by Crippen LogP contribution is 2.45. The molecule has 0 aliphatic carbocycles. The van der Waals surface area contributed by atoms with Crippen LogP contribution >= 0.6 is 0 Å². The molecule has 1 aromatic heterocycles. The van der Waals surface area contributed by atoms with Gasteiger partial charge in [0.2, 0.25) is 5.60 Å². The SMILES string of the molecule is COc1ccc(CN2C(=O)[C@@](O)(c3cccn3C)c3cc(F)ccc32)cc1. The minimum absolute atomic E-state index is 0.253. The van der Waals surface area contributed by atoms with Gasteiger partial charge in [0.05, 0.1) is 25.0 Å². The van der Waals surface area contributed by atoms with Crippen molar-refractivity contribution in [2.75, 3.05) is 12.0 Å². The third-order valence-corrected chi connectivity index (χ3v) is 5.01. The zero-order valence-corrected chi connectivity index (χ0v) is 15.0. The number of nitrogens with zero attached hydrogens (tertiary/aromatic N) is 2. The molecule has 1 aliphatic rings. The van der Waals surface area contributed by atoms with E-state index in [1.54, 1.807) is 37.1 Å². The van der Waals surface area contributed by atoms with Crippen molar-refractivity contribution in [3.05, 3.63) is 83.4 Å². The van der Waals surface area contributed by atoms with Crippen molar-refractivity contribution < 1.29 is 19.0 Å². The Morgan fingerprint density at radius 1 is 1.15 bits per heavy atom. The number of methoxy groups -OCH3 is 1. The average molecular weight is 366 g/mol. The van der Waals surface area contributed by atoms with E-state index in [1.165, 1.54) is 23.1 Å². The summed E-state index contributed by atoms with van der Waals surface area (Å²) in [6.45, 7) is 0.258. The predicted octanol–water partition coefficient (Wildman–Crippen LogP) is 2.96. The molecule has 1 aliphatic heterocycles. The molecule has 5 nitrogen and oxygen atoms in total. The third kappa shape index (κ3) is 2.61. The van der Waals surface area contributed by atoms with E-state index >= 15 is 0 Å². The molecule has 0 fully saturated rings. The topological polar surface area (TPSA) is 54.7 Å². The minimum atomic E-state index is -1.93. The zero-order valence-electron chi connectivity index (χ0n) is 15.0. The standard InChI is InChI=1S/C21H19FN2O3/c1-23-11-3-4-19(23)21(26)17-12-15(22)7-10-18(17)24(20(21)25)13-14-5-8-16(27-2)9-6-14/h3-12,26H,13H2,1-2H3/t21-/m0/s1. The highest BCUT2D eigenvalue weighted by molar-refractivity contribution is 6.08. The first-order valence-corrected chi connectivity index (χ1v) is 8.54. The van der Waals surface area contributed by atoms with Gasteiger partial charge in [-0.05, 0) is 48.0 Å². The summed E-state index contributed by atoms with van der Waals surface area (Å²) in [5, 5.41) is 11.4. The first-order valence-electron chi connectivity index (χ1n) is 8.54. The van der Waals surface area contributed by atoms with Crippen molar-refractivity contribution in [1.29, 1.82) is 0 Å². The second kappa shape index (κ2) is 6.25. The summed E-state index contributed by atoms with van der Waals surface area (Å²) >= 11 is 0. The van der Waals surface area contributed by atoms with Crippen LogP contribution in [0.2, 0.25) is 0 Å². The molecule has 0 spiro atoms. The van der Waals surface area contributed by atoms with Crippen LogP contribution in [0.25, 0.3) is 0 Å². The number of hydrogen-bond acceptors (Lipinski definition) is 3. The Balaban J connectivity index is 1.80. The number of aryl methyl sites for hydroxylation is 1. The number of hydrogen-bond donors (Lipinski definition) is 1. The Bertz CT molecular complexity index is 1010. The van der Waals surface area contributed by atoms with E-state index in [9.17, 15) is 14.3 Å². The fourth-order valence-electron chi connectivity index (χ4n) is 3.61. The van der Waals surface area contributed by atoms with Gasteiger partial charge in [-0.2, -0.15) is 0 Å². The molecule has 2 aromatic carbocycles. The highest BCUT2D eigenvalue weighted by atomic mass is 19.1. The number of aliphatic hydroxyl groups is 1. The van der Waals surface area contributed by atoms with Gasteiger partial charge in [-0.25, -0.2) is 4.39 Å². The van der Waals surface area contributed by atoms with Gasteiger partial charge >= 0.3 is 0 Å². The van der Waals surface area contributed by atoms with Crippen molar-refractivity contribution in [2.45, 2.75) is 12.1 Å².